The lowest BCUT2D eigenvalue weighted by molar-refractivity contribution is 0.135. The first-order chi connectivity index (χ1) is 12.6. The van der Waals surface area contributed by atoms with Gasteiger partial charge in [0.1, 0.15) is 0 Å². The van der Waals surface area contributed by atoms with E-state index >= 15 is 0 Å². The molecule has 0 bridgehead atoms. The maximum Gasteiger partial charge on any atom is 0.215 e. The lowest BCUT2D eigenvalue weighted by atomic mass is 9.91. The van der Waals surface area contributed by atoms with Crippen LogP contribution in [0.5, 0.6) is 0 Å². The van der Waals surface area contributed by atoms with Gasteiger partial charge in [0.2, 0.25) is 5.89 Å². The number of H-pyrrole nitrogens is 1. The van der Waals surface area contributed by atoms with E-state index in [4.69, 9.17) is 4.42 Å². The predicted octanol–water partition coefficient (Wildman–Crippen LogP) is 4.84. The van der Waals surface area contributed by atoms with Gasteiger partial charge in [-0.2, -0.15) is 0 Å². The van der Waals surface area contributed by atoms with Gasteiger partial charge in [0.05, 0.1) is 11.7 Å². The molecule has 0 fully saturated rings. The Morgan fingerprint density at radius 2 is 1.77 bits per heavy atom. The third-order valence-corrected chi connectivity index (χ3v) is 5.20. The summed E-state index contributed by atoms with van der Waals surface area (Å²) < 4.78 is 6.26. The number of nitrogens with zero attached hydrogens (tertiary/aromatic N) is 2. The van der Waals surface area contributed by atoms with Crippen LogP contribution in [-0.2, 0) is 12.0 Å². The maximum absolute atomic E-state index is 6.26. The average Bonchev–Trinajstić information content (AvgIpc) is 3.29. The minimum absolute atomic E-state index is 0.328. The maximum atomic E-state index is 6.26. The highest BCUT2D eigenvalue weighted by Crippen LogP contribution is 2.34. The van der Waals surface area contributed by atoms with E-state index < -0.39 is 0 Å². The van der Waals surface area contributed by atoms with Crippen LogP contribution in [0.4, 0.5) is 0 Å². The number of aromatic nitrogens is 2. The number of fused-ring (bicyclic) bond motifs is 1. The quantitative estimate of drug-likeness (QED) is 0.563. The van der Waals surface area contributed by atoms with E-state index in [1.165, 1.54) is 5.56 Å². The fourth-order valence-electron chi connectivity index (χ4n) is 3.34. The Morgan fingerprint density at radius 1 is 1.04 bits per heavy atom. The van der Waals surface area contributed by atoms with Crippen molar-refractivity contribution >= 4 is 10.9 Å². The Bertz CT molecular complexity index is 1020. The van der Waals surface area contributed by atoms with Crippen molar-refractivity contribution in [3.05, 3.63) is 78.4 Å². The third-order valence-electron chi connectivity index (χ3n) is 5.20. The highest BCUT2D eigenvalue weighted by Gasteiger charge is 2.35. The molecule has 2 heterocycles. The number of hydrogen-bond acceptors (Lipinski definition) is 3. The first kappa shape index (κ1) is 16.6. The Kier molecular flexibility index (Phi) is 4.13. The van der Waals surface area contributed by atoms with Gasteiger partial charge < -0.3 is 9.40 Å². The minimum Gasteiger partial charge on any atom is -0.439 e. The average molecular weight is 345 g/mol. The van der Waals surface area contributed by atoms with Gasteiger partial charge in [0, 0.05) is 22.7 Å². The zero-order valence-electron chi connectivity index (χ0n) is 15.4. The molecule has 2 aromatic carbocycles. The van der Waals surface area contributed by atoms with E-state index in [2.05, 4.69) is 72.3 Å². The van der Waals surface area contributed by atoms with E-state index in [-0.39, 0.29) is 5.54 Å². The molecule has 26 heavy (non-hydrogen) atoms. The van der Waals surface area contributed by atoms with Crippen LogP contribution in [0, 0.1) is 0 Å². The molecular weight excluding hydrogens is 322 g/mol. The molecule has 0 saturated carbocycles. The van der Waals surface area contributed by atoms with Crippen LogP contribution >= 0.6 is 0 Å². The summed E-state index contributed by atoms with van der Waals surface area (Å²) >= 11 is 0. The number of oxazole rings is 1. The second-order valence-electron chi connectivity index (χ2n) is 7.11. The Balaban J connectivity index is 1.73. The topological polar surface area (TPSA) is 45.1 Å². The number of rotatable bonds is 5. The molecule has 2 aromatic heterocycles. The van der Waals surface area contributed by atoms with Gasteiger partial charge in [-0.25, -0.2) is 4.98 Å². The molecule has 0 saturated heterocycles. The lowest BCUT2D eigenvalue weighted by Crippen LogP contribution is -2.40. The van der Waals surface area contributed by atoms with Gasteiger partial charge >= 0.3 is 0 Å². The molecule has 4 aromatic rings. The molecule has 0 aliphatic rings. The van der Waals surface area contributed by atoms with Crippen LogP contribution in [0.2, 0.25) is 0 Å². The molecule has 1 atom stereocenters. The van der Waals surface area contributed by atoms with Crippen LogP contribution in [0.25, 0.3) is 22.2 Å². The van der Waals surface area contributed by atoms with Crippen molar-refractivity contribution in [1.29, 1.82) is 0 Å². The van der Waals surface area contributed by atoms with Gasteiger partial charge in [-0.15, -0.1) is 0 Å². The zero-order valence-corrected chi connectivity index (χ0v) is 15.4. The molecule has 0 aliphatic heterocycles. The van der Waals surface area contributed by atoms with E-state index in [1.54, 1.807) is 0 Å². The Hall–Kier alpha value is -2.85. The van der Waals surface area contributed by atoms with Gasteiger partial charge in [-0.1, -0.05) is 48.5 Å². The predicted molar refractivity (Wildman–Crippen MR) is 105 cm³/mol. The zero-order chi connectivity index (χ0) is 18.1. The molecular formula is C22H23N3O. The van der Waals surface area contributed by atoms with Crippen molar-refractivity contribution in [3.63, 3.8) is 0 Å². The summed E-state index contributed by atoms with van der Waals surface area (Å²) in [4.78, 5) is 10.1. The van der Waals surface area contributed by atoms with Gasteiger partial charge in [-0.3, -0.25) is 4.90 Å². The van der Waals surface area contributed by atoms with Crippen LogP contribution in [0.3, 0.4) is 0 Å². The molecule has 0 unspecified atom stereocenters. The first-order valence-corrected chi connectivity index (χ1v) is 8.82. The number of hydrogen-bond donors (Lipinski definition) is 1. The van der Waals surface area contributed by atoms with Crippen molar-refractivity contribution in [1.82, 2.24) is 14.9 Å². The monoisotopic (exact) mass is 345 g/mol. The molecule has 0 radical (unpaired) electrons. The standard InChI is InChI=1S/C22H23N3O/c1-22(25(2)3,13-16-9-5-4-6-10-16)21-24-15-20(26-21)18-14-23-19-12-8-7-11-17(18)19/h4-12,14-15,23H,13H2,1-3H3/t22-/m0/s1. The largest absolute Gasteiger partial charge is 0.439 e. The summed E-state index contributed by atoms with van der Waals surface area (Å²) in [6.07, 6.45) is 4.64. The third kappa shape index (κ3) is 2.82. The van der Waals surface area contributed by atoms with Crippen LogP contribution in [0.15, 0.2) is 71.4 Å². The highest BCUT2D eigenvalue weighted by atomic mass is 16.4. The Labute approximate surface area is 153 Å². The molecule has 0 aliphatic carbocycles. The molecule has 4 heteroatoms. The van der Waals surface area contributed by atoms with E-state index in [1.807, 2.05) is 30.6 Å². The summed E-state index contributed by atoms with van der Waals surface area (Å²) in [6.45, 7) is 2.17. The molecule has 1 N–H and O–H groups in total. The fraction of sp³-hybridized carbons (Fsp3) is 0.227. The summed E-state index contributed by atoms with van der Waals surface area (Å²) in [7, 11) is 4.14. The fourth-order valence-corrected chi connectivity index (χ4v) is 3.34. The van der Waals surface area contributed by atoms with Crippen molar-refractivity contribution in [2.45, 2.75) is 18.9 Å². The number of benzene rings is 2. The molecule has 4 rings (SSSR count). The van der Waals surface area contributed by atoms with E-state index in [0.29, 0.717) is 0 Å². The smallest absolute Gasteiger partial charge is 0.215 e. The summed E-state index contributed by atoms with van der Waals surface area (Å²) in [6, 6.07) is 18.7. The molecule has 0 amide bonds. The van der Waals surface area contributed by atoms with Crippen LogP contribution in [-0.4, -0.2) is 29.0 Å². The number of para-hydroxylation sites is 1. The lowest BCUT2D eigenvalue weighted by Gasteiger charge is -2.33. The van der Waals surface area contributed by atoms with Gasteiger partial charge in [0.25, 0.3) is 0 Å². The van der Waals surface area contributed by atoms with Crippen molar-refractivity contribution in [2.24, 2.45) is 0 Å². The van der Waals surface area contributed by atoms with E-state index in [9.17, 15) is 0 Å². The van der Waals surface area contributed by atoms with Crippen molar-refractivity contribution in [2.75, 3.05) is 14.1 Å². The summed E-state index contributed by atoms with van der Waals surface area (Å²) in [5.41, 5.74) is 3.07. The van der Waals surface area contributed by atoms with E-state index in [0.717, 1.165) is 34.5 Å². The molecule has 132 valence electrons. The first-order valence-electron chi connectivity index (χ1n) is 8.82. The van der Waals surface area contributed by atoms with Gasteiger partial charge in [-0.05, 0) is 39.1 Å². The van der Waals surface area contributed by atoms with Crippen LogP contribution in [0.1, 0.15) is 18.4 Å². The minimum atomic E-state index is -0.328. The van der Waals surface area contributed by atoms with Crippen molar-refractivity contribution < 1.29 is 4.42 Å². The SMILES string of the molecule is CN(C)[C@@](C)(Cc1ccccc1)c1ncc(-c2c[nH]c3ccccc23)o1. The normalized spacial score (nSPS) is 14.0. The second-order valence-corrected chi connectivity index (χ2v) is 7.11. The molecule has 4 nitrogen and oxygen atoms in total. The second kappa shape index (κ2) is 6.46. The highest BCUT2D eigenvalue weighted by molar-refractivity contribution is 5.93. The summed E-state index contributed by atoms with van der Waals surface area (Å²) in [5.74, 6) is 1.52. The van der Waals surface area contributed by atoms with Gasteiger partial charge in [0.15, 0.2) is 5.76 Å². The number of nitrogens with one attached hydrogen (secondary N) is 1. The number of likely N-dealkylation sites (N-methyl/N-ethyl adjacent to an activating group) is 1. The number of aromatic amines is 1. The van der Waals surface area contributed by atoms with Crippen molar-refractivity contribution in [3.8, 4) is 11.3 Å². The molecule has 0 spiro atoms. The Morgan fingerprint density at radius 3 is 2.54 bits per heavy atom. The summed E-state index contributed by atoms with van der Waals surface area (Å²) in [5, 5.41) is 1.14. The van der Waals surface area contributed by atoms with Crippen LogP contribution < -0.4 is 0 Å².